The summed E-state index contributed by atoms with van der Waals surface area (Å²) >= 11 is 0. The summed E-state index contributed by atoms with van der Waals surface area (Å²) in [5.41, 5.74) is 10.6. The number of nitrogens with two attached hydrogens (primary N) is 1. The lowest BCUT2D eigenvalue weighted by Gasteiger charge is -2.35. The van der Waals surface area contributed by atoms with E-state index in [0.717, 1.165) is 58.9 Å². The molecule has 39 heavy (non-hydrogen) atoms. The molecule has 2 N–H and O–H groups in total. The molecule has 2 atom stereocenters. The number of aromatic nitrogens is 3. The Labute approximate surface area is 229 Å². The molecule has 0 spiro atoms. The number of ether oxygens (including phenoxy) is 1. The maximum Gasteiger partial charge on any atom is 0.146 e. The van der Waals surface area contributed by atoms with Crippen molar-refractivity contribution in [3.63, 3.8) is 0 Å². The number of Topliss-reactive ketones (excluding diaryl/α,β-unsaturated/α-hetero) is 1. The van der Waals surface area contributed by atoms with Crippen molar-refractivity contribution in [2.45, 2.75) is 57.8 Å². The molecule has 4 aromatic rings. The van der Waals surface area contributed by atoms with Crippen LogP contribution in [0.4, 0.5) is 5.82 Å². The lowest BCUT2D eigenvalue weighted by molar-refractivity contribution is -0.119. The van der Waals surface area contributed by atoms with E-state index < -0.39 is 0 Å². The van der Waals surface area contributed by atoms with E-state index >= 15 is 0 Å². The van der Waals surface area contributed by atoms with Gasteiger partial charge in [-0.05, 0) is 70.0 Å². The van der Waals surface area contributed by atoms with Gasteiger partial charge in [-0.1, -0.05) is 30.3 Å². The Bertz CT molecular complexity index is 1480. The van der Waals surface area contributed by atoms with Gasteiger partial charge in [0.25, 0.3) is 0 Å². The summed E-state index contributed by atoms with van der Waals surface area (Å²) in [6.07, 6.45) is 5.68. The van der Waals surface area contributed by atoms with Crippen molar-refractivity contribution in [2.75, 3.05) is 25.9 Å². The minimum absolute atomic E-state index is 0.137. The Kier molecular flexibility index (Phi) is 6.83. The largest absolute Gasteiger partial charge is 0.457 e. The third-order valence-electron chi connectivity index (χ3n) is 8.22. The highest BCUT2D eigenvalue weighted by molar-refractivity contribution is 6.02. The fraction of sp³-hybridized carbons (Fsp3) is 0.387. The summed E-state index contributed by atoms with van der Waals surface area (Å²) in [5.74, 6) is 2.30. The van der Waals surface area contributed by atoms with Crippen LogP contribution in [0.25, 0.3) is 22.2 Å². The number of nitrogens with zero attached hydrogens (tertiary/aromatic N) is 5. The number of carbonyl (C=O) groups excluding carboxylic acids is 1. The lowest BCUT2D eigenvalue weighted by atomic mass is 10.0. The van der Waals surface area contributed by atoms with Crippen molar-refractivity contribution >= 4 is 22.6 Å². The highest BCUT2D eigenvalue weighted by atomic mass is 16.5. The van der Waals surface area contributed by atoms with Crippen molar-refractivity contribution in [2.24, 2.45) is 0 Å². The van der Waals surface area contributed by atoms with Crippen LogP contribution in [0.2, 0.25) is 0 Å². The maximum absolute atomic E-state index is 12.2. The molecule has 2 fully saturated rings. The number of rotatable bonds is 9. The van der Waals surface area contributed by atoms with Crippen LogP contribution in [0.3, 0.4) is 0 Å². The van der Waals surface area contributed by atoms with Crippen molar-refractivity contribution < 1.29 is 9.53 Å². The van der Waals surface area contributed by atoms with Gasteiger partial charge in [0.15, 0.2) is 0 Å². The number of likely N-dealkylation sites (tertiary alicyclic amines) is 1. The molecule has 1 aliphatic heterocycles. The first-order valence-electron chi connectivity index (χ1n) is 13.8. The molecule has 1 saturated carbocycles. The molecular weight excluding hydrogens is 488 g/mol. The fourth-order valence-electron chi connectivity index (χ4n) is 6.15. The summed E-state index contributed by atoms with van der Waals surface area (Å²) in [6.45, 7) is 5.66. The van der Waals surface area contributed by atoms with Gasteiger partial charge in [-0.25, -0.2) is 9.97 Å². The van der Waals surface area contributed by atoms with E-state index in [0.29, 0.717) is 18.3 Å². The van der Waals surface area contributed by atoms with Crippen molar-refractivity contribution in [3.05, 3.63) is 66.6 Å². The molecule has 8 heteroatoms. The molecule has 0 bridgehead atoms. The molecule has 1 unspecified atom stereocenters. The molecule has 202 valence electrons. The monoisotopic (exact) mass is 524 g/mol. The van der Waals surface area contributed by atoms with Gasteiger partial charge in [-0.3, -0.25) is 14.6 Å². The van der Waals surface area contributed by atoms with Crippen LogP contribution in [0.5, 0.6) is 11.5 Å². The Hall–Kier alpha value is -3.75. The van der Waals surface area contributed by atoms with Crippen molar-refractivity contribution in [1.29, 1.82) is 0 Å². The predicted molar refractivity (Wildman–Crippen MR) is 154 cm³/mol. The summed E-state index contributed by atoms with van der Waals surface area (Å²) in [6, 6.07) is 18.7. The van der Waals surface area contributed by atoms with E-state index in [4.69, 9.17) is 15.5 Å². The normalized spacial score (nSPS) is 18.6. The minimum Gasteiger partial charge on any atom is -0.457 e. The van der Waals surface area contributed by atoms with Crippen LogP contribution in [0.15, 0.2) is 60.9 Å². The van der Waals surface area contributed by atoms with E-state index in [1.54, 1.807) is 13.3 Å². The lowest BCUT2D eigenvalue weighted by Crippen LogP contribution is -2.47. The van der Waals surface area contributed by atoms with Crippen molar-refractivity contribution in [1.82, 2.24) is 24.3 Å². The van der Waals surface area contributed by atoms with Gasteiger partial charge < -0.3 is 15.0 Å². The molecule has 2 aliphatic rings. The van der Waals surface area contributed by atoms with Crippen LogP contribution in [-0.2, 0) is 4.79 Å². The number of hydrogen-bond donors (Lipinski definition) is 1. The van der Waals surface area contributed by atoms with Crippen LogP contribution in [0.1, 0.15) is 44.3 Å². The quantitative estimate of drug-likeness (QED) is 0.312. The smallest absolute Gasteiger partial charge is 0.146 e. The van der Waals surface area contributed by atoms with Gasteiger partial charge in [0, 0.05) is 42.9 Å². The van der Waals surface area contributed by atoms with Gasteiger partial charge in [0.2, 0.25) is 0 Å². The second-order valence-corrected chi connectivity index (χ2v) is 10.9. The highest BCUT2D eigenvalue weighted by Crippen LogP contribution is 2.41. The first-order valence-corrected chi connectivity index (χ1v) is 13.8. The molecule has 1 aliphatic carbocycles. The standard InChI is InChI=1S/C31H36N6O2/c1-20(38)17-27(35(3)23-11-12-23)36-16-15-24(18-36)37-21(2)28(29-30(32)33-19-34-31(29)37)22-9-13-26(14-10-22)39-25-7-5-4-6-8-25/h4-10,13-14,19,23-24,27H,11-12,15-18H2,1-3H3,(H2,32,33,34)/t24?,27-/m0/s1. The zero-order valence-electron chi connectivity index (χ0n) is 22.9. The second kappa shape index (κ2) is 10.4. The number of hydrogen-bond acceptors (Lipinski definition) is 7. The Morgan fingerprint density at radius 1 is 1.08 bits per heavy atom. The van der Waals surface area contributed by atoms with Gasteiger partial charge in [0.1, 0.15) is 35.1 Å². The van der Waals surface area contributed by atoms with E-state index in [-0.39, 0.29) is 18.0 Å². The maximum atomic E-state index is 12.2. The predicted octanol–water partition coefficient (Wildman–Crippen LogP) is 5.43. The van der Waals surface area contributed by atoms with Gasteiger partial charge in [0.05, 0.1) is 11.6 Å². The first-order chi connectivity index (χ1) is 18.9. The number of nitrogen functional groups attached to an aromatic ring is 1. The molecule has 0 radical (unpaired) electrons. The number of anilines is 1. The average molecular weight is 525 g/mol. The highest BCUT2D eigenvalue weighted by Gasteiger charge is 2.38. The Morgan fingerprint density at radius 3 is 2.49 bits per heavy atom. The third kappa shape index (κ3) is 5.02. The number of para-hydroxylation sites is 1. The Balaban J connectivity index is 1.32. The molecule has 1 saturated heterocycles. The van der Waals surface area contributed by atoms with Gasteiger partial charge in [-0.15, -0.1) is 0 Å². The van der Waals surface area contributed by atoms with Crippen LogP contribution in [0, 0.1) is 6.92 Å². The van der Waals surface area contributed by atoms with E-state index in [1.807, 2.05) is 42.5 Å². The molecule has 6 rings (SSSR count). The SMILES string of the molecule is CC(=O)C[C@H](N1CCC(n2c(C)c(-c3ccc(Oc4ccccc4)cc3)c3c(N)ncnc32)C1)N(C)C1CC1. The van der Waals surface area contributed by atoms with Crippen LogP contribution in [-0.4, -0.2) is 62.5 Å². The number of carbonyl (C=O) groups is 1. The van der Waals surface area contributed by atoms with E-state index in [1.165, 1.54) is 12.8 Å². The summed E-state index contributed by atoms with van der Waals surface area (Å²) in [7, 11) is 2.17. The molecule has 3 heterocycles. The summed E-state index contributed by atoms with van der Waals surface area (Å²) < 4.78 is 8.36. The number of fused-ring (bicyclic) bond motifs is 1. The minimum atomic E-state index is 0.137. The third-order valence-corrected chi connectivity index (χ3v) is 8.22. The van der Waals surface area contributed by atoms with Crippen LogP contribution >= 0.6 is 0 Å². The molecular formula is C31H36N6O2. The Morgan fingerprint density at radius 2 is 1.79 bits per heavy atom. The summed E-state index contributed by atoms with van der Waals surface area (Å²) in [4.78, 5) is 26.1. The molecule has 2 aromatic heterocycles. The molecule has 8 nitrogen and oxygen atoms in total. The zero-order valence-corrected chi connectivity index (χ0v) is 22.9. The van der Waals surface area contributed by atoms with E-state index in [2.05, 4.69) is 45.5 Å². The fourth-order valence-corrected chi connectivity index (χ4v) is 6.15. The second-order valence-electron chi connectivity index (χ2n) is 10.9. The molecule has 2 aromatic carbocycles. The first kappa shape index (κ1) is 25.5. The number of ketones is 1. The zero-order chi connectivity index (χ0) is 27.1. The number of benzene rings is 2. The van der Waals surface area contributed by atoms with Crippen molar-refractivity contribution in [3.8, 4) is 22.6 Å². The summed E-state index contributed by atoms with van der Waals surface area (Å²) in [5, 5.41) is 0.889. The van der Waals surface area contributed by atoms with E-state index in [9.17, 15) is 4.79 Å². The molecule has 0 amide bonds. The van der Waals surface area contributed by atoms with Gasteiger partial charge >= 0.3 is 0 Å². The average Bonchev–Trinajstić information content (AvgIpc) is 3.60. The van der Waals surface area contributed by atoms with Gasteiger partial charge in [-0.2, -0.15) is 0 Å². The topological polar surface area (TPSA) is 89.5 Å². The van der Waals surface area contributed by atoms with Crippen LogP contribution < -0.4 is 10.5 Å².